The second-order valence-electron chi connectivity index (χ2n) is 9.39. The topological polar surface area (TPSA) is 181 Å². The highest BCUT2D eigenvalue weighted by molar-refractivity contribution is 7.17. The van der Waals surface area contributed by atoms with Crippen molar-refractivity contribution in [3.05, 3.63) is 51.7 Å². The normalized spacial score (nSPS) is 13.2. The Morgan fingerprint density at radius 2 is 1.74 bits per heavy atom. The fraction of sp³-hybridized carbons (Fsp3) is 0.407. The minimum atomic E-state index is -0.948. The van der Waals surface area contributed by atoms with Crippen LogP contribution in [0, 0.1) is 13.8 Å². The number of carboxylic acid groups (broad SMARTS) is 2. The highest BCUT2D eigenvalue weighted by atomic mass is 35.5. The lowest BCUT2D eigenvalue weighted by molar-refractivity contribution is -0.138. The van der Waals surface area contributed by atoms with Crippen LogP contribution in [0.1, 0.15) is 40.3 Å². The number of nitrogens with one attached hydrogen (secondary N) is 2. The quantitative estimate of drug-likeness (QED) is 0.210. The van der Waals surface area contributed by atoms with Crippen molar-refractivity contribution in [2.24, 2.45) is 0 Å². The smallest absolute Gasteiger partial charge is 0.303 e. The largest absolute Gasteiger partial charge is 0.481 e. The van der Waals surface area contributed by atoms with E-state index in [4.69, 9.17) is 26.9 Å². The molecular formula is C27H34ClN7O6S. The first-order valence-corrected chi connectivity index (χ1v) is 14.4. The first-order valence-electron chi connectivity index (χ1n) is 13.2. The van der Waals surface area contributed by atoms with Crippen LogP contribution in [0.25, 0.3) is 0 Å². The number of carbonyl (C=O) groups excluding carboxylic acids is 1. The molecule has 0 bridgehead atoms. The van der Waals surface area contributed by atoms with Crippen LogP contribution in [-0.2, 0) is 9.59 Å². The van der Waals surface area contributed by atoms with E-state index in [-0.39, 0.29) is 31.8 Å². The monoisotopic (exact) mass is 619 g/mol. The molecule has 0 saturated carbocycles. The van der Waals surface area contributed by atoms with Crippen LogP contribution in [0.2, 0.25) is 5.02 Å². The van der Waals surface area contributed by atoms with Gasteiger partial charge in [0.25, 0.3) is 5.91 Å². The zero-order valence-electron chi connectivity index (χ0n) is 23.3. The lowest BCUT2D eigenvalue weighted by Gasteiger charge is -2.35. The van der Waals surface area contributed by atoms with Gasteiger partial charge in [0.1, 0.15) is 22.3 Å². The Hall–Kier alpha value is -3.85. The number of aliphatic hydroxyl groups is 1. The molecule has 1 aliphatic rings. The van der Waals surface area contributed by atoms with E-state index in [1.165, 1.54) is 17.5 Å². The van der Waals surface area contributed by atoms with Crippen LogP contribution >= 0.6 is 22.9 Å². The molecule has 0 spiro atoms. The molecule has 0 atom stereocenters. The number of benzene rings is 1. The Bertz CT molecular complexity index is 1350. The number of rotatable bonds is 11. The summed E-state index contributed by atoms with van der Waals surface area (Å²) in [4.78, 5) is 50.6. The summed E-state index contributed by atoms with van der Waals surface area (Å²) in [7, 11) is 0. The third-order valence-corrected chi connectivity index (χ3v) is 7.37. The highest BCUT2D eigenvalue weighted by Gasteiger charge is 2.19. The number of aromatic nitrogens is 3. The van der Waals surface area contributed by atoms with E-state index in [9.17, 15) is 14.4 Å². The predicted octanol–water partition coefficient (Wildman–Crippen LogP) is 3.64. The van der Waals surface area contributed by atoms with Gasteiger partial charge in [0.15, 0.2) is 5.13 Å². The van der Waals surface area contributed by atoms with E-state index in [0.717, 1.165) is 37.6 Å². The third kappa shape index (κ3) is 10.2. The molecular weight excluding hydrogens is 586 g/mol. The number of amides is 1. The molecule has 0 radical (unpaired) electrons. The third-order valence-electron chi connectivity index (χ3n) is 6.14. The summed E-state index contributed by atoms with van der Waals surface area (Å²) in [5.41, 5.74) is 1.49. The Morgan fingerprint density at radius 3 is 2.36 bits per heavy atom. The molecule has 1 amide bonds. The van der Waals surface area contributed by atoms with Crippen molar-refractivity contribution < 1.29 is 29.7 Å². The number of halogens is 1. The number of carboxylic acids is 2. The number of aliphatic carboxylic acids is 2. The summed E-state index contributed by atoms with van der Waals surface area (Å²) in [5.74, 6) is -0.0445. The predicted molar refractivity (Wildman–Crippen MR) is 161 cm³/mol. The number of β-amino-alcohol motifs (C(OH)–C–C–N with tert-alkyl or cyclic N) is 1. The van der Waals surface area contributed by atoms with Crippen molar-refractivity contribution >= 4 is 63.2 Å². The van der Waals surface area contributed by atoms with Crippen LogP contribution in [-0.4, -0.2) is 92.3 Å². The SMILES string of the molecule is Cc1nc(Nc2ncc(C(=O)Nc3c(C)cccc3Cl)s2)cc(N2CCN(CCO)CC2)n1.O=C(O)CCCC(=O)O. The summed E-state index contributed by atoms with van der Waals surface area (Å²) in [5, 5.41) is 32.3. The van der Waals surface area contributed by atoms with E-state index >= 15 is 0 Å². The fourth-order valence-corrected chi connectivity index (χ4v) is 5.01. The maximum absolute atomic E-state index is 12.7. The maximum atomic E-state index is 12.7. The van der Waals surface area contributed by atoms with E-state index in [0.29, 0.717) is 38.9 Å². The Kier molecular flexibility index (Phi) is 12.4. The van der Waals surface area contributed by atoms with Gasteiger partial charge < -0.3 is 30.9 Å². The summed E-state index contributed by atoms with van der Waals surface area (Å²) in [6.07, 6.45) is 1.62. The van der Waals surface area contributed by atoms with Gasteiger partial charge >= 0.3 is 11.9 Å². The number of nitrogens with zero attached hydrogens (tertiary/aromatic N) is 5. The second-order valence-corrected chi connectivity index (χ2v) is 10.8. The fourth-order valence-electron chi connectivity index (χ4n) is 4.02. The summed E-state index contributed by atoms with van der Waals surface area (Å²) in [6, 6.07) is 7.37. The molecule has 226 valence electrons. The van der Waals surface area contributed by atoms with E-state index in [1.807, 2.05) is 32.0 Å². The van der Waals surface area contributed by atoms with Gasteiger partial charge in [-0.1, -0.05) is 35.1 Å². The Balaban J connectivity index is 0.000000467. The van der Waals surface area contributed by atoms with Gasteiger partial charge in [0.2, 0.25) is 0 Å². The van der Waals surface area contributed by atoms with E-state index < -0.39 is 11.9 Å². The zero-order chi connectivity index (χ0) is 30.6. The van der Waals surface area contributed by atoms with Gasteiger partial charge in [-0.3, -0.25) is 19.3 Å². The van der Waals surface area contributed by atoms with Crippen molar-refractivity contribution in [3.63, 3.8) is 0 Å². The molecule has 2 aromatic heterocycles. The molecule has 3 aromatic rings. The minimum Gasteiger partial charge on any atom is -0.481 e. The number of piperazine rings is 1. The molecule has 1 saturated heterocycles. The summed E-state index contributed by atoms with van der Waals surface area (Å²) >= 11 is 7.46. The van der Waals surface area contributed by atoms with E-state index in [2.05, 4.69) is 35.4 Å². The van der Waals surface area contributed by atoms with Gasteiger partial charge in [0.05, 0.1) is 23.5 Å². The molecule has 0 aliphatic carbocycles. The zero-order valence-corrected chi connectivity index (χ0v) is 24.9. The lowest BCUT2D eigenvalue weighted by atomic mass is 10.2. The molecule has 1 aromatic carbocycles. The first-order chi connectivity index (χ1) is 20.0. The van der Waals surface area contributed by atoms with Gasteiger partial charge in [-0.05, 0) is 31.9 Å². The molecule has 4 rings (SSSR count). The van der Waals surface area contributed by atoms with Gasteiger partial charge in [-0.25, -0.2) is 15.0 Å². The molecule has 0 unspecified atom stereocenters. The molecule has 15 heteroatoms. The Morgan fingerprint density at radius 1 is 1.05 bits per heavy atom. The van der Waals surface area contributed by atoms with Crippen molar-refractivity contribution in [3.8, 4) is 0 Å². The standard InChI is InChI=1S/C22H26ClN7O2S.C5H8O4/c1-14-4-3-5-16(23)20(14)28-21(32)17-13-24-22(33-17)27-18-12-19(26-15(2)25-18)30-8-6-29(7-9-30)10-11-31;6-4(7)2-1-3-5(8)9/h3-5,12-13,31H,6-11H2,1-2H3,(H,28,32)(H,24,25,26,27);1-3H2,(H,6,7)(H,8,9). The lowest BCUT2D eigenvalue weighted by Crippen LogP contribution is -2.47. The number of para-hydroxylation sites is 1. The average Bonchev–Trinajstić information content (AvgIpc) is 3.39. The van der Waals surface area contributed by atoms with Gasteiger partial charge in [-0.2, -0.15) is 0 Å². The van der Waals surface area contributed by atoms with Crippen molar-refractivity contribution in [1.82, 2.24) is 19.9 Å². The van der Waals surface area contributed by atoms with Crippen LogP contribution in [0.15, 0.2) is 30.5 Å². The summed E-state index contributed by atoms with van der Waals surface area (Å²) in [6.45, 7) is 8.03. The van der Waals surface area contributed by atoms with Gasteiger partial charge in [-0.15, -0.1) is 0 Å². The van der Waals surface area contributed by atoms with Crippen LogP contribution in [0.5, 0.6) is 0 Å². The van der Waals surface area contributed by atoms with Crippen LogP contribution in [0.4, 0.5) is 22.5 Å². The second kappa shape index (κ2) is 16.0. The molecule has 13 nitrogen and oxygen atoms in total. The number of anilines is 4. The van der Waals surface area contributed by atoms with Gasteiger partial charge in [0, 0.05) is 51.6 Å². The van der Waals surface area contributed by atoms with Crippen molar-refractivity contribution in [1.29, 1.82) is 0 Å². The highest BCUT2D eigenvalue weighted by Crippen LogP contribution is 2.28. The number of hydrogen-bond acceptors (Lipinski definition) is 11. The maximum Gasteiger partial charge on any atom is 0.303 e. The average molecular weight is 620 g/mol. The molecule has 1 aliphatic heterocycles. The number of hydrogen-bond donors (Lipinski definition) is 5. The minimum absolute atomic E-state index is 0.0632. The Labute approximate surface area is 252 Å². The first kappa shape index (κ1) is 32.7. The molecule has 42 heavy (non-hydrogen) atoms. The number of thiazole rings is 1. The molecule has 1 fully saturated rings. The summed E-state index contributed by atoms with van der Waals surface area (Å²) < 4.78 is 0. The molecule has 3 heterocycles. The van der Waals surface area contributed by atoms with Crippen LogP contribution < -0.4 is 15.5 Å². The van der Waals surface area contributed by atoms with Crippen molar-refractivity contribution in [2.45, 2.75) is 33.1 Å². The number of aryl methyl sites for hydroxylation is 2. The van der Waals surface area contributed by atoms with E-state index in [1.54, 1.807) is 6.07 Å². The van der Waals surface area contributed by atoms with Crippen LogP contribution in [0.3, 0.4) is 0 Å². The molecule has 5 N–H and O–H groups in total. The number of aliphatic hydroxyl groups excluding tert-OH is 1. The van der Waals surface area contributed by atoms with Crippen molar-refractivity contribution in [2.75, 3.05) is 54.9 Å². The number of carbonyl (C=O) groups is 3.